The van der Waals surface area contributed by atoms with Gasteiger partial charge in [0.05, 0.1) is 7.11 Å². The molecule has 0 bridgehead atoms. The Morgan fingerprint density at radius 3 is 2.52 bits per heavy atom. The van der Waals surface area contributed by atoms with E-state index in [4.69, 9.17) is 4.74 Å². The van der Waals surface area contributed by atoms with E-state index in [2.05, 4.69) is 29.6 Å². The van der Waals surface area contributed by atoms with Gasteiger partial charge < -0.3 is 10.1 Å². The molecule has 0 radical (unpaired) electrons. The minimum absolute atomic E-state index is 0.0525. The van der Waals surface area contributed by atoms with E-state index in [1.54, 1.807) is 13.2 Å². The zero-order chi connectivity index (χ0) is 17.7. The average molecular weight is 353 g/mol. The third-order valence-corrected chi connectivity index (χ3v) is 5.84. The zero-order valence-corrected chi connectivity index (χ0v) is 15.4. The zero-order valence-electron chi connectivity index (χ0n) is 14.6. The van der Waals surface area contributed by atoms with Gasteiger partial charge in [0.2, 0.25) is 5.91 Å². The predicted octanol–water partition coefficient (Wildman–Crippen LogP) is 4.54. The summed E-state index contributed by atoms with van der Waals surface area (Å²) in [5.41, 5.74) is 1.84. The number of amides is 1. The number of thioether (sulfide) groups is 1. The van der Waals surface area contributed by atoms with Crippen LogP contribution in [-0.2, 0) is 4.79 Å². The van der Waals surface area contributed by atoms with Crippen molar-refractivity contribution in [1.29, 1.82) is 0 Å². The molecule has 1 aliphatic rings. The normalized spacial score (nSPS) is 15.5. The molecule has 0 heterocycles. The molecule has 0 spiro atoms. The molecule has 3 nitrogen and oxygen atoms in total. The lowest BCUT2D eigenvalue weighted by atomic mass is 10.1. The van der Waals surface area contributed by atoms with Crippen LogP contribution in [0.4, 0.5) is 0 Å². The third kappa shape index (κ3) is 4.67. The summed E-state index contributed by atoms with van der Waals surface area (Å²) in [5.74, 6) is 0.727. The van der Waals surface area contributed by atoms with E-state index in [9.17, 15) is 4.79 Å². The third-order valence-electron chi connectivity index (χ3n) is 4.35. The van der Waals surface area contributed by atoms with Crippen LogP contribution in [0, 0.1) is 0 Å². The van der Waals surface area contributed by atoms with Gasteiger partial charge in [-0.1, -0.05) is 36.4 Å². The van der Waals surface area contributed by atoms with Gasteiger partial charge in [-0.05, 0) is 43.5 Å². The largest absolute Gasteiger partial charge is 0.496 e. The molecule has 0 atom stereocenters. The van der Waals surface area contributed by atoms with Crippen molar-refractivity contribution in [3.8, 4) is 5.75 Å². The first-order chi connectivity index (χ1) is 12.1. The molecule has 2 aromatic rings. The lowest BCUT2D eigenvalue weighted by Crippen LogP contribution is -2.30. The van der Waals surface area contributed by atoms with Gasteiger partial charge in [0.1, 0.15) is 5.75 Å². The molecular weight excluding hydrogens is 330 g/mol. The number of benzene rings is 2. The van der Waals surface area contributed by atoms with Crippen molar-refractivity contribution in [2.45, 2.75) is 29.4 Å². The summed E-state index contributed by atoms with van der Waals surface area (Å²) in [6.45, 7) is 2.63. The van der Waals surface area contributed by atoms with E-state index >= 15 is 0 Å². The summed E-state index contributed by atoms with van der Waals surface area (Å²) < 4.78 is 5.52. The van der Waals surface area contributed by atoms with Gasteiger partial charge in [-0.25, -0.2) is 0 Å². The number of allylic oxidation sites excluding steroid dienone is 1. The second kappa shape index (κ2) is 7.79. The lowest BCUT2D eigenvalue weighted by molar-refractivity contribution is -0.116. The summed E-state index contributed by atoms with van der Waals surface area (Å²) in [6.07, 6.45) is 3.94. The molecule has 1 N–H and O–H groups in total. The van der Waals surface area contributed by atoms with Gasteiger partial charge in [0.15, 0.2) is 0 Å². The summed E-state index contributed by atoms with van der Waals surface area (Å²) >= 11 is 1.86. The van der Waals surface area contributed by atoms with Gasteiger partial charge in [0.25, 0.3) is 0 Å². The monoisotopic (exact) mass is 353 g/mol. The molecular formula is C21H23NO2S. The van der Waals surface area contributed by atoms with E-state index in [1.807, 2.05) is 49.0 Å². The maximum atomic E-state index is 12.3. The molecule has 0 aliphatic heterocycles. The molecule has 1 saturated carbocycles. The molecule has 3 rings (SSSR count). The second-order valence-corrected chi connectivity index (χ2v) is 7.89. The maximum absolute atomic E-state index is 12.3. The number of hydrogen-bond donors (Lipinski definition) is 1. The van der Waals surface area contributed by atoms with Crippen LogP contribution in [0.25, 0.3) is 5.57 Å². The number of rotatable bonds is 7. The number of hydrogen-bond acceptors (Lipinski definition) is 3. The lowest BCUT2D eigenvalue weighted by Gasteiger charge is -2.15. The Bertz CT molecular complexity index is 766. The van der Waals surface area contributed by atoms with Gasteiger partial charge in [-0.2, -0.15) is 0 Å². The standard InChI is InChI=1S/C21H23NO2S/c1-16(18-10-6-7-11-19(18)24-2)14-20(23)22-15-21(12-13-21)25-17-8-4-3-5-9-17/h3-11,14H,12-13,15H2,1-2H3,(H,22,23). The molecule has 130 valence electrons. The Kier molecular flexibility index (Phi) is 5.49. The van der Waals surface area contributed by atoms with Crippen LogP contribution in [0.3, 0.4) is 0 Å². The van der Waals surface area contributed by atoms with E-state index in [0.29, 0.717) is 6.54 Å². The van der Waals surface area contributed by atoms with Crippen LogP contribution in [0.1, 0.15) is 25.3 Å². The van der Waals surface area contributed by atoms with Crippen LogP contribution in [-0.4, -0.2) is 24.3 Å². The van der Waals surface area contributed by atoms with Crippen LogP contribution in [0.15, 0.2) is 65.6 Å². The van der Waals surface area contributed by atoms with E-state index in [1.165, 1.54) is 4.90 Å². The Hall–Kier alpha value is -2.20. The Morgan fingerprint density at radius 2 is 1.84 bits per heavy atom. The molecule has 1 aliphatic carbocycles. The fourth-order valence-electron chi connectivity index (χ4n) is 2.74. The fourth-order valence-corrected chi connectivity index (χ4v) is 3.98. The smallest absolute Gasteiger partial charge is 0.244 e. The summed E-state index contributed by atoms with van der Waals surface area (Å²) in [7, 11) is 1.64. The van der Waals surface area contributed by atoms with Crippen LogP contribution in [0.5, 0.6) is 5.75 Å². The summed E-state index contributed by atoms with van der Waals surface area (Å²) in [6, 6.07) is 18.1. The van der Waals surface area contributed by atoms with Crippen molar-refractivity contribution in [2.75, 3.05) is 13.7 Å². The minimum Gasteiger partial charge on any atom is -0.496 e. The molecule has 1 amide bonds. The summed E-state index contributed by atoms with van der Waals surface area (Å²) in [5, 5.41) is 3.07. The minimum atomic E-state index is -0.0525. The maximum Gasteiger partial charge on any atom is 0.244 e. The first-order valence-electron chi connectivity index (χ1n) is 8.45. The molecule has 2 aromatic carbocycles. The number of para-hydroxylation sites is 1. The van der Waals surface area contributed by atoms with Gasteiger partial charge in [0, 0.05) is 27.8 Å². The average Bonchev–Trinajstić information content (AvgIpc) is 3.40. The van der Waals surface area contributed by atoms with Crippen molar-refractivity contribution in [2.24, 2.45) is 0 Å². The number of nitrogens with one attached hydrogen (secondary N) is 1. The highest BCUT2D eigenvalue weighted by Crippen LogP contribution is 2.51. The molecule has 1 fully saturated rings. The van der Waals surface area contributed by atoms with Crippen molar-refractivity contribution in [1.82, 2.24) is 5.32 Å². The van der Waals surface area contributed by atoms with Crippen LogP contribution < -0.4 is 10.1 Å². The predicted molar refractivity (Wildman–Crippen MR) is 104 cm³/mol. The Morgan fingerprint density at radius 1 is 1.16 bits per heavy atom. The first-order valence-corrected chi connectivity index (χ1v) is 9.27. The molecule has 4 heteroatoms. The summed E-state index contributed by atoms with van der Waals surface area (Å²) in [4.78, 5) is 13.6. The first kappa shape index (κ1) is 17.6. The quantitative estimate of drug-likeness (QED) is 0.743. The highest BCUT2D eigenvalue weighted by atomic mass is 32.2. The van der Waals surface area contributed by atoms with Crippen molar-refractivity contribution >= 4 is 23.2 Å². The highest BCUT2D eigenvalue weighted by molar-refractivity contribution is 8.01. The SMILES string of the molecule is COc1ccccc1C(C)=CC(=O)NCC1(Sc2ccccc2)CC1. The topological polar surface area (TPSA) is 38.3 Å². The fraction of sp³-hybridized carbons (Fsp3) is 0.286. The van der Waals surface area contributed by atoms with Crippen molar-refractivity contribution in [3.63, 3.8) is 0 Å². The second-order valence-electron chi connectivity index (χ2n) is 6.34. The van der Waals surface area contributed by atoms with Gasteiger partial charge in [-0.3, -0.25) is 4.79 Å². The van der Waals surface area contributed by atoms with Crippen LogP contribution in [0.2, 0.25) is 0 Å². The van der Waals surface area contributed by atoms with Crippen molar-refractivity contribution in [3.05, 3.63) is 66.2 Å². The van der Waals surface area contributed by atoms with Gasteiger partial charge in [-0.15, -0.1) is 11.8 Å². The Balaban J connectivity index is 1.59. The van der Waals surface area contributed by atoms with Crippen molar-refractivity contribution < 1.29 is 9.53 Å². The van der Waals surface area contributed by atoms with Crippen LogP contribution >= 0.6 is 11.8 Å². The highest BCUT2D eigenvalue weighted by Gasteiger charge is 2.43. The van der Waals surface area contributed by atoms with Gasteiger partial charge >= 0.3 is 0 Å². The van der Waals surface area contributed by atoms with E-state index in [0.717, 1.165) is 29.7 Å². The Labute approximate surface area is 153 Å². The molecule has 0 aromatic heterocycles. The number of ether oxygens (including phenoxy) is 1. The van der Waals surface area contributed by atoms with E-state index < -0.39 is 0 Å². The molecule has 0 saturated heterocycles. The molecule has 0 unspecified atom stereocenters. The number of methoxy groups -OCH3 is 1. The molecule has 25 heavy (non-hydrogen) atoms. The number of carbonyl (C=O) groups excluding carboxylic acids is 1. The van der Waals surface area contributed by atoms with E-state index in [-0.39, 0.29) is 10.7 Å². The number of carbonyl (C=O) groups is 1.